The standard InChI is InChI=1S/C30H19N4O2.Pt/c1-3-11-23(12-4-1)33-25-15-7-9-21(17-25)28-20-36-30(32-28)34(24-13-5-2-6-14-24)26-16-8-10-22(18-26)27-19-35-29(33)31-27;/h1-17,19-20H;/q-1;. The van der Waals surface area contributed by atoms with Gasteiger partial charge in [-0.2, -0.15) is 4.98 Å². The molecule has 6 nitrogen and oxygen atoms in total. The van der Waals surface area contributed by atoms with Gasteiger partial charge in [-0.25, -0.2) is 4.98 Å². The number of anilines is 6. The first-order valence-corrected chi connectivity index (χ1v) is 11.6. The van der Waals surface area contributed by atoms with E-state index in [1.165, 1.54) is 0 Å². The summed E-state index contributed by atoms with van der Waals surface area (Å²) in [5.74, 6) is 0. The number of hydrogen-bond acceptors (Lipinski definition) is 6. The number of aromatic nitrogens is 2. The molecule has 0 fully saturated rings. The molecule has 0 aliphatic carbocycles. The number of para-hydroxylation sites is 2. The topological polar surface area (TPSA) is 58.5 Å². The van der Waals surface area contributed by atoms with Crippen LogP contribution in [0.1, 0.15) is 0 Å². The van der Waals surface area contributed by atoms with Crippen molar-refractivity contribution < 1.29 is 29.9 Å². The fraction of sp³-hybridized carbons (Fsp3) is 0. The quantitative estimate of drug-likeness (QED) is 0.175. The predicted octanol–water partition coefficient (Wildman–Crippen LogP) is 8.05. The van der Waals surface area contributed by atoms with Crippen molar-refractivity contribution in [2.75, 3.05) is 9.80 Å². The zero-order valence-corrected chi connectivity index (χ0v) is 21.7. The minimum absolute atomic E-state index is 0. The summed E-state index contributed by atoms with van der Waals surface area (Å²) in [6, 6.07) is 38.4. The SMILES string of the molecule is [Pt].[c-]1c2cccc1N(c1ccccc1)c1nc(co1)-c1cccc(c1)N(c1ccccc1)c1nc-2co1. The number of oxazole rings is 2. The number of hydrogen-bond donors (Lipinski definition) is 0. The van der Waals surface area contributed by atoms with E-state index in [1.807, 2.05) is 107 Å². The van der Waals surface area contributed by atoms with Crippen LogP contribution in [0.4, 0.5) is 34.8 Å². The first-order valence-electron chi connectivity index (χ1n) is 11.6. The molecule has 1 aliphatic heterocycles. The van der Waals surface area contributed by atoms with Gasteiger partial charge in [0.15, 0.2) is 0 Å². The molecule has 0 unspecified atom stereocenters. The molecule has 182 valence electrons. The number of rotatable bonds is 2. The Hall–Kier alpha value is -4.41. The fourth-order valence-corrected chi connectivity index (χ4v) is 4.41. The van der Waals surface area contributed by atoms with Crippen LogP contribution in [0.5, 0.6) is 0 Å². The minimum Gasteiger partial charge on any atom is -0.442 e. The first kappa shape index (κ1) is 23.0. The monoisotopic (exact) mass is 662 g/mol. The number of fused-ring (bicyclic) bond motifs is 10. The summed E-state index contributed by atoms with van der Waals surface area (Å²) in [5, 5.41) is 0. The molecule has 0 N–H and O–H groups in total. The van der Waals surface area contributed by atoms with Gasteiger partial charge in [0.25, 0.3) is 6.01 Å². The Morgan fingerprint density at radius 2 is 1.16 bits per heavy atom. The van der Waals surface area contributed by atoms with Crippen LogP contribution in [0.3, 0.4) is 0 Å². The Morgan fingerprint density at radius 1 is 0.568 bits per heavy atom. The van der Waals surface area contributed by atoms with Crippen molar-refractivity contribution in [2.45, 2.75) is 0 Å². The minimum atomic E-state index is 0. The van der Waals surface area contributed by atoms with E-state index in [4.69, 9.17) is 18.8 Å². The molecule has 3 heterocycles. The molecule has 37 heavy (non-hydrogen) atoms. The molecular formula is C30H19N4O2Pt-. The molecule has 0 spiro atoms. The molecule has 6 aromatic rings. The van der Waals surface area contributed by atoms with Gasteiger partial charge in [0, 0.05) is 38.0 Å². The van der Waals surface area contributed by atoms with Gasteiger partial charge in [-0.1, -0.05) is 48.5 Å². The molecule has 1 aliphatic rings. The Kier molecular flexibility index (Phi) is 5.95. The molecule has 0 amide bonds. The fourth-order valence-electron chi connectivity index (χ4n) is 4.41. The normalized spacial score (nSPS) is 12.0. The molecule has 0 saturated carbocycles. The van der Waals surface area contributed by atoms with Crippen molar-refractivity contribution in [3.63, 3.8) is 0 Å². The van der Waals surface area contributed by atoms with E-state index < -0.39 is 0 Å². The van der Waals surface area contributed by atoms with Crippen LogP contribution in [0.15, 0.2) is 124 Å². The second-order valence-corrected chi connectivity index (χ2v) is 8.37. The van der Waals surface area contributed by atoms with Crippen molar-refractivity contribution in [3.05, 3.63) is 122 Å². The van der Waals surface area contributed by atoms with Crippen LogP contribution < -0.4 is 9.80 Å². The average molecular weight is 663 g/mol. The third-order valence-corrected chi connectivity index (χ3v) is 6.09. The summed E-state index contributed by atoms with van der Waals surface area (Å²) in [6.45, 7) is 0. The molecule has 0 atom stereocenters. The largest absolute Gasteiger partial charge is 0.442 e. The van der Waals surface area contributed by atoms with Crippen molar-refractivity contribution in [2.24, 2.45) is 0 Å². The summed E-state index contributed by atoms with van der Waals surface area (Å²) < 4.78 is 12.1. The summed E-state index contributed by atoms with van der Waals surface area (Å²) in [4.78, 5) is 13.7. The van der Waals surface area contributed by atoms with Gasteiger partial charge < -0.3 is 8.83 Å². The van der Waals surface area contributed by atoms with Crippen molar-refractivity contribution in [1.29, 1.82) is 0 Å². The molecule has 4 aromatic carbocycles. The molecule has 7 rings (SSSR count). The smallest absolute Gasteiger partial charge is 0.305 e. The molecule has 7 heteroatoms. The maximum absolute atomic E-state index is 6.04. The summed E-state index contributed by atoms with van der Waals surface area (Å²) in [7, 11) is 0. The van der Waals surface area contributed by atoms with Crippen LogP contribution in [-0.2, 0) is 21.1 Å². The summed E-state index contributed by atoms with van der Waals surface area (Å²) >= 11 is 0. The van der Waals surface area contributed by atoms with Crippen molar-refractivity contribution in [1.82, 2.24) is 9.97 Å². The zero-order chi connectivity index (χ0) is 23.9. The second kappa shape index (κ2) is 9.56. The molecule has 0 saturated heterocycles. The van der Waals surface area contributed by atoms with Crippen molar-refractivity contribution >= 4 is 34.8 Å². The van der Waals surface area contributed by atoms with Gasteiger partial charge >= 0.3 is 6.01 Å². The predicted molar refractivity (Wildman–Crippen MR) is 139 cm³/mol. The Labute approximate surface area is 228 Å². The Morgan fingerprint density at radius 3 is 1.92 bits per heavy atom. The van der Waals surface area contributed by atoms with E-state index in [9.17, 15) is 0 Å². The van der Waals surface area contributed by atoms with Gasteiger partial charge in [-0.05, 0) is 42.1 Å². The van der Waals surface area contributed by atoms with E-state index in [0.29, 0.717) is 17.7 Å². The van der Waals surface area contributed by atoms with Gasteiger partial charge in [0.2, 0.25) is 0 Å². The van der Waals surface area contributed by atoms with Crippen LogP contribution in [0.25, 0.3) is 22.5 Å². The molecule has 2 aromatic heterocycles. The first-order chi connectivity index (χ1) is 17.8. The second-order valence-electron chi connectivity index (χ2n) is 8.37. The van der Waals surface area contributed by atoms with Gasteiger partial charge in [-0.3, -0.25) is 9.80 Å². The maximum atomic E-state index is 6.04. The average Bonchev–Trinajstić information content (AvgIpc) is 3.61. The summed E-state index contributed by atoms with van der Waals surface area (Å²) in [5.41, 5.74) is 6.64. The number of benzene rings is 4. The summed E-state index contributed by atoms with van der Waals surface area (Å²) in [6.07, 6.45) is 3.35. The third-order valence-electron chi connectivity index (χ3n) is 6.09. The Balaban J connectivity index is 0.00000252. The Bertz CT molecular complexity index is 1540. The van der Waals surface area contributed by atoms with Gasteiger partial charge in [0.05, 0.1) is 17.6 Å². The number of nitrogens with zero attached hydrogens (tertiary/aromatic N) is 4. The van der Waals surface area contributed by atoms with Gasteiger partial charge in [0.1, 0.15) is 12.0 Å². The van der Waals surface area contributed by atoms with Crippen LogP contribution >= 0.6 is 0 Å². The van der Waals surface area contributed by atoms with E-state index >= 15 is 0 Å². The molecule has 0 radical (unpaired) electrons. The third kappa shape index (κ3) is 4.15. The van der Waals surface area contributed by atoms with Crippen LogP contribution in [0, 0.1) is 6.07 Å². The molecule has 8 bridgehead atoms. The van der Waals surface area contributed by atoms with E-state index in [-0.39, 0.29) is 21.1 Å². The zero-order valence-electron chi connectivity index (χ0n) is 19.4. The van der Waals surface area contributed by atoms with Crippen LogP contribution in [0.2, 0.25) is 0 Å². The van der Waals surface area contributed by atoms with Crippen molar-refractivity contribution in [3.8, 4) is 22.5 Å². The molecular weight excluding hydrogens is 643 g/mol. The van der Waals surface area contributed by atoms with Gasteiger partial charge in [-0.15, -0.1) is 29.8 Å². The van der Waals surface area contributed by atoms with Crippen LogP contribution in [-0.4, -0.2) is 9.97 Å². The van der Waals surface area contributed by atoms with E-state index in [2.05, 4.69) is 12.1 Å². The van der Waals surface area contributed by atoms with E-state index in [0.717, 1.165) is 39.6 Å². The maximum Gasteiger partial charge on any atom is 0.305 e. The van der Waals surface area contributed by atoms with E-state index in [1.54, 1.807) is 12.5 Å².